The standard InChI is InChI=1S/C22H23N5O3/c1-29-13-2-3-17-15(10-13)14-4-5-27-19(20(14)24-17)11-18-16(21(27)28)12-23-22(25-18)26-6-8-30-9-7-26/h2-3,10,12,19,24H,4-9,11H2,1H3/t19-/m1/s1. The number of ether oxygens (including phenoxy) is 2. The molecule has 1 amide bonds. The highest BCUT2D eigenvalue weighted by molar-refractivity contribution is 5.97. The highest BCUT2D eigenvalue weighted by atomic mass is 16.5. The molecule has 0 radical (unpaired) electrons. The number of carbonyl (C=O) groups is 1. The second-order valence-corrected chi connectivity index (χ2v) is 8.03. The highest BCUT2D eigenvalue weighted by Gasteiger charge is 2.39. The third-order valence-electron chi connectivity index (χ3n) is 6.49. The van der Waals surface area contributed by atoms with Crippen LogP contribution in [0.5, 0.6) is 5.75 Å². The van der Waals surface area contributed by atoms with E-state index in [9.17, 15) is 4.79 Å². The second-order valence-electron chi connectivity index (χ2n) is 8.03. The smallest absolute Gasteiger partial charge is 0.257 e. The van der Waals surface area contributed by atoms with Gasteiger partial charge in [0.05, 0.1) is 37.6 Å². The number of morpholine rings is 1. The number of anilines is 1. The van der Waals surface area contributed by atoms with Crippen LogP contribution in [0.4, 0.5) is 5.95 Å². The predicted molar refractivity (Wildman–Crippen MR) is 111 cm³/mol. The Morgan fingerprint density at radius 3 is 2.93 bits per heavy atom. The zero-order valence-electron chi connectivity index (χ0n) is 16.9. The van der Waals surface area contributed by atoms with Gasteiger partial charge in [0, 0.05) is 48.8 Å². The van der Waals surface area contributed by atoms with E-state index in [1.54, 1.807) is 13.3 Å². The van der Waals surface area contributed by atoms with Gasteiger partial charge in [-0.05, 0) is 30.2 Å². The Kier molecular flexibility index (Phi) is 3.95. The minimum Gasteiger partial charge on any atom is -0.497 e. The summed E-state index contributed by atoms with van der Waals surface area (Å²) in [5, 5.41) is 1.18. The first-order valence-electron chi connectivity index (χ1n) is 10.4. The first-order valence-corrected chi connectivity index (χ1v) is 10.4. The number of carbonyl (C=O) groups excluding carboxylic acids is 1. The van der Waals surface area contributed by atoms with Crippen LogP contribution in [0.25, 0.3) is 10.9 Å². The molecule has 30 heavy (non-hydrogen) atoms. The van der Waals surface area contributed by atoms with Crippen LogP contribution >= 0.6 is 0 Å². The SMILES string of the molecule is COc1ccc2[nH]c3c(c2c1)CCN1C(=O)c2cnc(N4CCOCC4)nc2C[C@H]31. The van der Waals surface area contributed by atoms with E-state index in [1.165, 1.54) is 10.9 Å². The number of benzene rings is 1. The summed E-state index contributed by atoms with van der Waals surface area (Å²) in [7, 11) is 1.69. The molecule has 0 spiro atoms. The van der Waals surface area contributed by atoms with Crippen LogP contribution in [-0.2, 0) is 17.6 Å². The van der Waals surface area contributed by atoms with E-state index in [1.807, 2.05) is 17.0 Å². The zero-order chi connectivity index (χ0) is 20.2. The van der Waals surface area contributed by atoms with Crippen molar-refractivity contribution in [1.82, 2.24) is 19.9 Å². The second kappa shape index (κ2) is 6.70. The average molecular weight is 405 g/mol. The van der Waals surface area contributed by atoms with Gasteiger partial charge in [-0.15, -0.1) is 0 Å². The van der Waals surface area contributed by atoms with E-state index in [2.05, 4.69) is 20.9 Å². The van der Waals surface area contributed by atoms with E-state index in [0.717, 1.165) is 42.2 Å². The molecule has 0 bridgehead atoms. The van der Waals surface area contributed by atoms with Crippen molar-refractivity contribution in [3.05, 3.63) is 46.9 Å². The number of aromatic amines is 1. The third-order valence-corrected chi connectivity index (χ3v) is 6.49. The monoisotopic (exact) mass is 405 g/mol. The predicted octanol–water partition coefficient (Wildman–Crippen LogP) is 2.10. The van der Waals surface area contributed by atoms with Gasteiger partial charge in [-0.2, -0.15) is 0 Å². The maximum absolute atomic E-state index is 13.2. The molecule has 154 valence electrons. The molecule has 1 fully saturated rings. The van der Waals surface area contributed by atoms with Crippen LogP contribution in [-0.4, -0.2) is 65.7 Å². The maximum Gasteiger partial charge on any atom is 0.257 e. The molecule has 8 nitrogen and oxygen atoms in total. The van der Waals surface area contributed by atoms with Crippen molar-refractivity contribution >= 4 is 22.8 Å². The van der Waals surface area contributed by atoms with Crippen molar-refractivity contribution in [3.8, 4) is 5.75 Å². The molecule has 0 aliphatic carbocycles. The van der Waals surface area contributed by atoms with E-state index in [-0.39, 0.29) is 11.9 Å². The molecule has 8 heteroatoms. The molecule has 6 rings (SSSR count). The molecular weight excluding hydrogens is 382 g/mol. The van der Waals surface area contributed by atoms with Gasteiger partial charge in [-0.25, -0.2) is 9.97 Å². The number of nitrogens with zero attached hydrogens (tertiary/aromatic N) is 4. The third kappa shape index (κ3) is 2.60. The van der Waals surface area contributed by atoms with Crippen LogP contribution in [0.2, 0.25) is 0 Å². The quantitative estimate of drug-likeness (QED) is 0.703. The lowest BCUT2D eigenvalue weighted by Gasteiger charge is -2.39. The number of methoxy groups -OCH3 is 1. The van der Waals surface area contributed by atoms with Crippen LogP contribution in [0, 0.1) is 0 Å². The molecule has 2 aromatic heterocycles. The normalized spacial score (nSPS) is 20.7. The Labute approximate surface area is 173 Å². The zero-order valence-corrected chi connectivity index (χ0v) is 16.9. The van der Waals surface area contributed by atoms with Crippen molar-refractivity contribution in [2.45, 2.75) is 18.9 Å². The summed E-state index contributed by atoms with van der Waals surface area (Å²) in [6.45, 7) is 3.60. The minimum absolute atomic E-state index is 0.0247. The summed E-state index contributed by atoms with van der Waals surface area (Å²) in [4.78, 5) is 30.2. The minimum atomic E-state index is -0.0282. The number of nitrogens with one attached hydrogen (secondary N) is 1. The lowest BCUT2D eigenvalue weighted by molar-refractivity contribution is 0.0624. The van der Waals surface area contributed by atoms with Gasteiger partial charge in [0.2, 0.25) is 5.95 Å². The van der Waals surface area contributed by atoms with Gasteiger partial charge >= 0.3 is 0 Å². The Morgan fingerprint density at radius 2 is 2.10 bits per heavy atom. The Hall–Kier alpha value is -3.13. The molecule has 1 atom stereocenters. The van der Waals surface area contributed by atoms with Crippen molar-refractivity contribution in [3.63, 3.8) is 0 Å². The molecule has 0 unspecified atom stereocenters. The summed E-state index contributed by atoms with van der Waals surface area (Å²) in [6.07, 6.45) is 3.22. The van der Waals surface area contributed by atoms with E-state index >= 15 is 0 Å². The molecule has 5 heterocycles. The topological polar surface area (TPSA) is 83.6 Å². The first kappa shape index (κ1) is 17.7. The summed E-state index contributed by atoms with van der Waals surface area (Å²) in [6, 6.07) is 6.07. The average Bonchev–Trinajstić information content (AvgIpc) is 3.18. The molecule has 3 aliphatic heterocycles. The van der Waals surface area contributed by atoms with Gasteiger partial charge in [0.1, 0.15) is 5.75 Å². The van der Waals surface area contributed by atoms with Crippen molar-refractivity contribution in [2.75, 3.05) is 44.9 Å². The summed E-state index contributed by atoms with van der Waals surface area (Å²) >= 11 is 0. The van der Waals surface area contributed by atoms with E-state index < -0.39 is 0 Å². The van der Waals surface area contributed by atoms with Crippen LogP contribution in [0.15, 0.2) is 24.4 Å². The summed E-state index contributed by atoms with van der Waals surface area (Å²) in [5.41, 5.74) is 4.95. The lowest BCUT2D eigenvalue weighted by Crippen LogP contribution is -2.45. The summed E-state index contributed by atoms with van der Waals surface area (Å²) < 4.78 is 10.8. The fourth-order valence-corrected chi connectivity index (χ4v) is 4.92. The number of amides is 1. The lowest BCUT2D eigenvalue weighted by atomic mass is 9.89. The molecule has 1 N–H and O–H groups in total. The van der Waals surface area contributed by atoms with Gasteiger partial charge in [-0.1, -0.05) is 0 Å². The van der Waals surface area contributed by atoms with Gasteiger partial charge < -0.3 is 24.3 Å². The fourth-order valence-electron chi connectivity index (χ4n) is 4.92. The van der Waals surface area contributed by atoms with Crippen LogP contribution < -0.4 is 9.64 Å². The largest absolute Gasteiger partial charge is 0.497 e. The number of hydrogen-bond acceptors (Lipinski definition) is 6. The first-order chi connectivity index (χ1) is 14.7. The van der Waals surface area contributed by atoms with Crippen molar-refractivity contribution < 1.29 is 14.3 Å². The van der Waals surface area contributed by atoms with Gasteiger partial charge in [-0.3, -0.25) is 4.79 Å². The van der Waals surface area contributed by atoms with Crippen LogP contribution in [0.1, 0.15) is 33.4 Å². The fraction of sp³-hybridized carbons (Fsp3) is 0.409. The number of rotatable bonds is 2. The Bertz CT molecular complexity index is 1150. The summed E-state index contributed by atoms with van der Waals surface area (Å²) in [5.74, 6) is 1.56. The van der Waals surface area contributed by atoms with Crippen molar-refractivity contribution in [1.29, 1.82) is 0 Å². The maximum atomic E-state index is 13.2. The molecule has 1 aromatic carbocycles. The molecule has 3 aliphatic rings. The van der Waals surface area contributed by atoms with Gasteiger partial charge in [0.15, 0.2) is 0 Å². The molecule has 1 saturated heterocycles. The van der Waals surface area contributed by atoms with E-state index in [0.29, 0.717) is 37.7 Å². The molecular formula is C22H23N5O3. The Morgan fingerprint density at radius 1 is 1.23 bits per heavy atom. The number of aromatic nitrogens is 3. The Balaban J connectivity index is 1.40. The highest BCUT2D eigenvalue weighted by Crippen LogP contribution is 2.40. The van der Waals surface area contributed by atoms with Gasteiger partial charge in [0.25, 0.3) is 5.91 Å². The van der Waals surface area contributed by atoms with Crippen molar-refractivity contribution in [2.24, 2.45) is 0 Å². The van der Waals surface area contributed by atoms with E-state index in [4.69, 9.17) is 14.5 Å². The molecule has 3 aromatic rings. The number of H-pyrrole nitrogens is 1. The van der Waals surface area contributed by atoms with Crippen LogP contribution in [0.3, 0.4) is 0 Å². The number of fused-ring (bicyclic) bond motifs is 6. The molecule has 0 saturated carbocycles. The number of hydrogen-bond donors (Lipinski definition) is 1.